The Kier molecular flexibility index (Phi) is 7.26. The summed E-state index contributed by atoms with van der Waals surface area (Å²) in [6, 6.07) is 19.4. The van der Waals surface area contributed by atoms with Gasteiger partial charge in [-0.05, 0) is 55.3 Å². The predicted molar refractivity (Wildman–Crippen MR) is 158 cm³/mol. The molecule has 0 spiro atoms. The van der Waals surface area contributed by atoms with Gasteiger partial charge in [-0.3, -0.25) is 4.79 Å². The number of para-hydroxylation sites is 1. The maximum Gasteiger partial charge on any atom is 0.282 e. The highest BCUT2D eigenvalue weighted by Crippen LogP contribution is 2.28. The van der Waals surface area contributed by atoms with Crippen LogP contribution in [0.4, 0.5) is 0 Å². The van der Waals surface area contributed by atoms with Gasteiger partial charge in [0.15, 0.2) is 0 Å². The first-order valence-electron chi connectivity index (χ1n) is 12.1. The number of fused-ring (bicyclic) bond motifs is 2. The average molecular weight is 596 g/mol. The summed E-state index contributed by atoms with van der Waals surface area (Å²) in [6.07, 6.45) is 2.62. The second-order valence-electron chi connectivity index (χ2n) is 9.15. The minimum atomic E-state index is -0.185. The maximum atomic E-state index is 13.6. The molecule has 8 heteroatoms. The van der Waals surface area contributed by atoms with Crippen LogP contribution in [0.15, 0.2) is 75.0 Å². The normalized spacial score (nSPS) is 12.7. The number of halogens is 3. The van der Waals surface area contributed by atoms with Crippen molar-refractivity contribution >= 4 is 67.2 Å². The monoisotopic (exact) mass is 594 g/mol. The van der Waals surface area contributed by atoms with E-state index in [2.05, 4.69) is 53.4 Å². The quantitative estimate of drug-likeness (QED) is 0.186. The molecule has 0 aliphatic carbocycles. The summed E-state index contributed by atoms with van der Waals surface area (Å²) in [5, 5.41) is 7.37. The Morgan fingerprint density at radius 1 is 1.05 bits per heavy atom. The van der Waals surface area contributed by atoms with Gasteiger partial charge in [0.2, 0.25) is 0 Å². The van der Waals surface area contributed by atoms with Crippen LogP contribution >= 0.6 is 39.1 Å². The van der Waals surface area contributed by atoms with Crippen LogP contribution in [0.1, 0.15) is 48.8 Å². The average Bonchev–Trinajstić information content (AvgIpc) is 3.16. The standard InChI is InChI=1S/C29H25BrCl2N4O/c1-4-17(2)28-34-26-12-10-20(30)14-22(26)29(37)36(28)33-15-23-18(3)35(27-8-6-5-7-21(23)27)16-19-9-11-24(31)25(32)13-19/h5-15,17H,4,16H2,1-3H3/t17-/m1/s1. The van der Waals surface area contributed by atoms with E-state index in [0.717, 1.165) is 38.6 Å². The van der Waals surface area contributed by atoms with Gasteiger partial charge in [-0.25, -0.2) is 4.98 Å². The van der Waals surface area contributed by atoms with E-state index in [-0.39, 0.29) is 11.5 Å². The molecular formula is C29H25BrCl2N4O. The first-order chi connectivity index (χ1) is 17.8. The minimum absolute atomic E-state index is 0.0648. The van der Waals surface area contributed by atoms with Crippen LogP contribution < -0.4 is 5.56 Å². The molecule has 5 nitrogen and oxygen atoms in total. The highest BCUT2D eigenvalue weighted by molar-refractivity contribution is 9.10. The first kappa shape index (κ1) is 25.7. The molecule has 2 aromatic heterocycles. The molecule has 0 aliphatic rings. The van der Waals surface area contributed by atoms with Gasteiger partial charge < -0.3 is 4.57 Å². The Bertz CT molecular complexity index is 1740. The summed E-state index contributed by atoms with van der Waals surface area (Å²) in [5.74, 6) is 0.714. The van der Waals surface area contributed by atoms with Gasteiger partial charge in [0.25, 0.3) is 5.56 Å². The Hall–Kier alpha value is -2.93. The lowest BCUT2D eigenvalue weighted by Crippen LogP contribution is -2.23. The molecule has 5 aromatic rings. The zero-order chi connectivity index (χ0) is 26.3. The molecule has 1 atom stereocenters. The van der Waals surface area contributed by atoms with Gasteiger partial charge in [-0.15, -0.1) is 0 Å². The summed E-state index contributed by atoms with van der Waals surface area (Å²) in [7, 11) is 0. The Labute approximate surface area is 233 Å². The van der Waals surface area contributed by atoms with Crippen molar-refractivity contribution in [3.8, 4) is 0 Å². The molecule has 0 bridgehead atoms. The lowest BCUT2D eigenvalue weighted by Gasteiger charge is -2.14. The molecule has 37 heavy (non-hydrogen) atoms. The van der Waals surface area contributed by atoms with E-state index in [1.165, 1.54) is 4.68 Å². The number of rotatable bonds is 6. The third kappa shape index (κ3) is 4.86. The molecule has 5 rings (SSSR count). The zero-order valence-corrected chi connectivity index (χ0v) is 23.8. The summed E-state index contributed by atoms with van der Waals surface area (Å²) < 4.78 is 4.50. The van der Waals surface area contributed by atoms with Gasteiger partial charge in [-0.1, -0.05) is 77.2 Å². The van der Waals surface area contributed by atoms with Crippen LogP contribution in [0.25, 0.3) is 21.8 Å². The topological polar surface area (TPSA) is 52.2 Å². The van der Waals surface area contributed by atoms with E-state index in [9.17, 15) is 4.79 Å². The van der Waals surface area contributed by atoms with E-state index in [0.29, 0.717) is 33.3 Å². The SMILES string of the molecule is CC[C@@H](C)c1nc2ccc(Br)cc2c(=O)n1N=Cc1c(C)n(Cc2ccc(Cl)c(Cl)c2)c2ccccc12. The number of hydrogen-bond donors (Lipinski definition) is 0. The summed E-state index contributed by atoms with van der Waals surface area (Å²) >= 11 is 15.9. The molecular weight excluding hydrogens is 571 g/mol. The molecule has 2 heterocycles. The molecule has 0 unspecified atom stereocenters. The van der Waals surface area contributed by atoms with Crippen LogP contribution in [-0.4, -0.2) is 20.4 Å². The lowest BCUT2D eigenvalue weighted by atomic mass is 10.1. The zero-order valence-electron chi connectivity index (χ0n) is 20.7. The van der Waals surface area contributed by atoms with Crippen molar-refractivity contribution in [3.05, 3.63) is 108 Å². The fourth-order valence-corrected chi connectivity index (χ4v) is 5.22. The molecule has 0 amide bonds. The number of aromatic nitrogens is 3. The van der Waals surface area contributed by atoms with E-state index in [1.807, 2.05) is 42.5 Å². The lowest BCUT2D eigenvalue weighted by molar-refractivity contribution is 0.613. The van der Waals surface area contributed by atoms with E-state index < -0.39 is 0 Å². The molecule has 188 valence electrons. The van der Waals surface area contributed by atoms with E-state index >= 15 is 0 Å². The molecule has 3 aromatic carbocycles. The fraction of sp³-hybridized carbons (Fsp3) is 0.207. The van der Waals surface area contributed by atoms with Crippen molar-refractivity contribution in [2.45, 2.75) is 39.7 Å². The van der Waals surface area contributed by atoms with Crippen molar-refractivity contribution < 1.29 is 0 Å². The van der Waals surface area contributed by atoms with E-state index in [1.54, 1.807) is 12.3 Å². The highest BCUT2D eigenvalue weighted by Gasteiger charge is 2.17. The van der Waals surface area contributed by atoms with Crippen molar-refractivity contribution in [2.24, 2.45) is 5.10 Å². The second kappa shape index (κ2) is 10.4. The predicted octanol–water partition coefficient (Wildman–Crippen LogP) is 8.17. The first-order valence-corrected chi connectivity index (χ1v) is 13.6. The highest BCUT2D eigenvalue weighted by atomic mass is 79.9. The van der Waals surface area contributed by atoms with Crippen LogP contribution in [0.5, 0.6) is 0 Å². The van der Waals surface area contributed by atoms with E-state index in [4.69, 9.17) is 33.3 Å². The van der Waals surface area contributed by atoms with Crippen molar-refractivity contribution in [2.75, 3.05) is 0 Å². The minimum Gasteiger partial charge on any atom is -0.340 e. The second-order valence-corrected chi connectivity index (χ2v) is 10.9. The molecule has 0 fully saturated rings. The van der Waals surface area contributed by atoms with Crippen molar-refractivity contribution in [3.63, 3.8) is 0 Å². The Morgan fingerprint density at radius 3 is 2.59 bits per heavy atom. The summed E-state index contributed by atoms with van der Waals surface area (Å²) in [4.78, 5) is 18.4. The van der Waals surface area contributed by atoms with Crippen molar-refractivity contribution in [1.29, 1.82) is 0 Å². The Morgan fingerprint density at radius 2 is 1.84 bits per heavy atom. The summed E-state index contributed by atoms with van der Waals surface area (Å²) in [5.41, 5.74) is 4.58. The smallest absolute Gasteiger partial charge is 0.282 e. The third-order valence-corrected chi connectivity index (χ3v) is 8.03. The molecule has 0 aliphatic heterocycles. The third-order valence-electron chi connectivity index (χ3n) is 6.79. The number of benzene rings is 3. The van der Waals surface area contributed by atoms with Gasteiger partial charge in [0.1, 0.15) is 5.82 Å². The molecule has 0 N–H and O–H groups in total. The van der Waals surface area contributed by atoms with Gasteiger partial charge in [-0.2, -0.15) is 9.78 Å². The Balaban J connectivity index is 1.66. The van der Waals surface area contributed by atoms with Crippen molar-refractivity contribution in [1.82, 2.24) is 14.2 Å². The van der Waals surface area contributed by atoms with Crippen LogP contribution in [0.2, 0.25) is 10.0 Å². The van der Waals surface area contributed by atoms with Crippen LogP contribution in [0, 0.1) is 6.92 Å². The molecule has 0 radical (unpaired) electrons. The number of hydrogen-bond acceptors (Lipinski definition) is 3. The van der Waals surface area contributed by atoms with Gasteiger partial charge in [0, 0.05) is 39.1 Å². The summed E-state index contributed by atoms with van der Waals surface area (Å²) in [6.45, 7) is 6.83. The largest absolute Gasteiger partial charge is 0.340 e. The number of nitrogens with zero attached hydrogens (tertiary/aromatic N) is 4. The molecule has 0 saturated carbocycles. The maximum absolute atomic E-state index is 13.6. The van der Waals surface area contributed by atoms with Gasteiger partial charge >= 0.3 is 0 Å². The van der Waals surface area contributed by atoms with Gasteiger partial charge in [0.05, 0.1) is 27.2 Å². The van der Waals surface area contributed by atoms with Crippen LogP contribution in [-0.2, 0) is 6.54 Å². The fourth-order valence-electron chi connectivity index (χ4n) is 4.54. The van der Waals surface area contributed by atoms with Crippen LogP contribution in [0.3, 0.4) is 0 Å². The molecule has 0 saturated heterocycles.